The van der Waals surface area contributed by atoms with Crippen molar-refractivity contribution >= 4 is 24.3 Å². The average molecular weight is 284 g/mol. The Morgan fingerprint density at radius 2 is 1.79 bits per heavy atom. The molecule has 1 aliphatic rings. The molecule has 4 nitrogen and oxygen atoms in total. The molecule has 0 spiro atoms. The fourth-order valence-corrected chi connectivity index (χ4v) is 2.07. The van der Waals surface area contributed by atoms with E-state index >= 15 is 0 Å². The minimum absolute atomic E-state index is 0.397. The summed E-state index contributed by atoms with van der Waals surface area (Å²) in [5, 5.41) is 0.421. The lowest BCUT2D eigenvalue weighted by Crippen LogP contribution is -2.41. The quantitative estimate of drug-likeness (QED) is 0.630. The molecule has 104 valence electrons. The van der Waals surface area contributed by atoms with Crippen molar-refractivity contribution in [1.29, 1.82) is 0 Å². The first kappa shape index (κ1) is 14.8. The minimum Gasteiger partial charge on any atom is -0.398 e. The highest BCUT2D eigenvalue weighted by Crippen LogP contribution is 2.36. The van der Waals surface area contributed by atoms with Crippen molar-refractivity contribution in [3.05, 3.63) is 22.8 Å². The maximum Gasteiger partial charge on any atom is 0.514 e. The molecular weight excluding hydrogens is 264 g/mol. The summed E-state index contributed by atoms with van der Waals surface area (Å²) in [6.45, 7) is 8.48. The SMILES string of the molecule is COCc1ccc(Cl)nc1B1OC(C)(C)C(C)(C)O1. The van der Waals surface area contributed by atoms with E-state index in [2.05, 4.69) is 4.98 Å². The molecule has 2 heterocycles. The van der Waals surface area contributed by atoms with Gasteiger partial charge in [0.05, 0.1) is 23.4 Å². The van der Waals surface area contributed by atoms with Gasteiger partial charge in [0.15, 0.2) is 0 Å². The molecule has 0 bridgehead atoms. The molecule has 2 rings (SSSR count). The van der Waals surface area contributed by atoms with Crippen molar-refractivity contribution in [2.75, 3.05) is 7.11 Å². The van der Waals surface area contributed by atoms with Crippen LogP contribution in [0.3, 0.4) is 0 Å². The van der Waals surface area contributed by atoms with Crippen molar-refractivity contribution in [3.8, 4) is 0 Å². The van der Waals surface area contributed by atoms with E-state index in [4.69, 9.17) is 25.6 Å². The number of pyridine rings is 1. The monoisotopic (exact) mass is 283 g/mol. The molecule has 19 heavy (non-hydrogen) atoms. The molecule has 6 heteroatoms. The van der Waals surface area contributed by atoms with Crippen LogP contribution in [-0.4, -0.2) is 30.4 Å². The zero-order chi connectivity index (χ0) is 14.3. The Labute approximate surface area is 119 Å². The molecule has 0 aromatic carbocycles. The average Bonchev–Trinajstić information content (AvgIpc) is 2.51. The van der Waals surface area contributed by atoms with Gasteiger partial charge in [-0.05, 0) is 39.3 Å². The number of ether oxygens (including phenoxy) is 1. The van der Waals surface area contributed by atoms with Crippen LogP contribution in [0.25, 0.3) is 0 Å². The smallest absolute Gasteiger partial charge is 0.398 e. The molecule has 0 N–H and O–H groups in total. The van der Waals surface area contributed by atoms with Gasteiger partial charge in [-0.3, -0.25) is 0 Å². The van der Waals surface area contributed by atoms with E-state index in [1.165, 1.54) is 0 Å². The van der Waals surface area contributed by atoms with Crippen LogP contribution >= 0.6 is 11.6 Å². The Morgan fingerprint density at radius 3 is 2.32 bits per heavy atom. The van der Waals surface area contributed by atoms with Crippen LogP contribution in [0.15, 0.2) is 12.1 Å². The summed E-state index contributed by atoms with van der Waals surface area (Å²) in [4.78, 5) is 4.34. The van der Waals surface area contributed by atoms with Crippen LogP contribution in [0.2, 0.25) is 5.15 Å². The lowest BCUT2D eigenvalue weighted by atomic mass is 9.81. The Balaban J connectivity index is 2.35. The molecule has 1 saturated heterocycles. The van der Waals surface area contributed by atoms with Gasteiger partial charge >= 0.3 is 7.12 Å². The number of hydrogen-bond acceptors (Lipinski definition) is 4. The van der Waals surface area contributed by atoms with Crippen molar-refractivity contribution in [2.24, 2.45) is 0 Å². The zero-order valence-electron chi connectivity index (χ0n) is 12.0. The van der Waals surface area contributed by atoms with E-state index in [1.807, 2.05) is 33.8 Å². The number of methoxy groups -OCH3 is 1. The number of halogens is 1. The van der Waals surface area contributed by atoms with Crippen molar-refractivity contribution in [1.82, 2.24) is 4.98 Å². The maximum absolute atomic E-state index is 5.99. The Hall–Kier alpha value is -0.615. The van der Waals surface area contributed by atoms with E-state index in [-0.39, 0.29) is 0 Å². The predicted molar refractivity (Wildman–Crippen MR) is 75.7 cm³/mol. The topological polar surface area (TPSA) is 40.6 Å². The first-order chi connectivity index (χ1) is 8.77. The highest BCUT2D eigenvalue weighted by Gasteiger charge is 2.52. The van der Waals surface area contributed by atoms with Gasteiger partial charge in [-0.2, -0.15) is 0 Å². The highest BCUT2D eigenvalue weighted by molar-refractivity contribution is 6.61. The van der Waals surface area contributed by atoms with Gasteiger partial charge < -0.3 is 14.0 Å². The van der Waals surface area contributed by atoms with Gasteiger partial charge in [0, 0.05) is 7.11 Å². The first-order valence-corrected chi connectivity index (χ1v) is 6.64. The van der Waals surface area contributed by atoms with Gasteiger partial charge in [0.25, 0.3) is 0 Å². The van der Waals surface area contributed by atoms with E-state index in [1.54, 1.807) is 13.2 Å². The van der Waals surface area contributed by atoms with Crippen LogP contribution in [0.4, 0.5) is 0 Å². The molecule has 0 radical (unpaired) electrons. The summed E-state index contributed by atoms with van der Waals surface area (Å²) < 4.78 is 17.2. The lowest BCUT2D eigenvalue weighted by molar-refractivity contribution is 0.00578. The van der Waals surface area contributed by atoms with Gasteiger partial charge in [0.1, 0.15) is 5.15 Å². The summed E-state index contributed by atoms with van der Waals surface area (Å²) in [6.07, 6.45) is 0. The predicted octanol–water partition coefficient (Wildman–Crippen LogP) is 2.18. The second-order valence-electron chi connectivity index (χ2n) is 5.70. The van der Waals surface area contributed by atoms with Crippen LogP contribution in [0.1, 0.15) is 33.3 Å². The maximum atomic E-state index is 5.99. The van der Waals surface area contributed by atoms with Crippen molar-refractivity contribution in [2.45, 2.75) is 45.5 Å². The lowest BCUT2D eigenvalue weighted by Gasteiger charge is -2.32. The van der Waals surface area contributed by atoms with Gasteiger partial charge in [-0.15, -0.1) is 0 Å². The molecule has 0 aliphatic carbocycles. The molecule has 1 aromatic rings. The third-order valence-corrected chi connectivity index (χ3v) is 3.97. The Kier molecular flexibility index (Phi) is 3.93. The van der Waals surface area contributed by atoms with Crippen molar-refractivity contribution < 1.29 is 14.0 Å². The number of rotatable bonds is 3. The summed E-state index contributed by atoms with van der Waals surface area (Å²) >= 11 is 5.97. The standard InChI is InChI=1S/C13H19BClNO3/c1-12(2)13(3,4)19-14(18-12)11-9(8-17-5)6-7-10(15)16-11/h6-7H,8H2,1-5H3. The molecule has 0 atom stereocenters. The highest BCUT2D eigenvalue weighted by atomic mass is 35.5. The van der Waals surface area contributed by atoms with Crippen LogP contribution in [0, 0.1) is 0 Å². The first-order valence-electron chi connectivity index (χ1n) is 6.27. The Morgan fingerprint density at radius 1 is 1.21 bits per heavy atom. The summed E-state index contributed by atoms with van der Waals surface area (Å²) in [6, 6.07) is 3.63. The largest absolute Gasteiger partial charge is 0.514 e. The number of nitrogens with zero attached hydrogens (tertiary/aromatic N) is 1. The van der Waals surface area contributed by atoms with Crippen molar-refractivity contribution in [3.63, 3.8) is 0 Å². The molecule has 1 aliphatic heterocycles. The molecule has 0 unspecified atom stereocenters. The van der Waals surface area contributed by atoms with Gasteiger partial charge in [-0.1, -0.05) is 17.7 Å². The fourth-order valence-electron chi connectivity index (χ4n) is 1.92. The molecule has 1 aromatic heterocycles. The summed E-state index contributed by atoms with van der Waals surface area (Å²) in [5.41, 5.74) is 0.816. The second kappa shape index (κ2) is 5.06. The fraction of sp³-hybridized carbons (Fsp3) is 0.615. The summed E-state index contributed by atoms with van der Waals surface area (Å²) in [5.74, 6) is 0. The van der Waals surface area contributed by atoms with E-state index in [9.17, 15) is 0 Å². The number of aromatic nitrogens is 1. The van der Waals surface area contributed by atoms with Gasteiger partial charge in [0.2, 0.25) is 0 Å². The Bertz CT molecular complexity index is 463. The third kappa shape index (κ3) is 2.79. The van der Waals surface area contributed by atoms with Crippen LogP contribution < -0.4 is 5.59 Å². The summed E-state index contributed by atoms with van der Waals surface area (Å²) in [7, 11) is 1.12. The van der Waals surface area contributed by atoms with Crippen LogP contribution in [-0.2, 0) is 20.7 Å². The van der Waals surface area contributed by atoms with Gasteiger partial charge in [-0.25, -0.2) is 4.98 Å². The molecule has 0 amide bonds. The van der Waals surface area contributed by atoms with E-state index in [0.29, 0.717) is 17.4 Å². The second-order valence-corrected chi connectivity index (χ2v) is 6.09. The molecule has 0 saturated carbocycles. The number of hydrogen-bond donors (Lipinski definition) is 0. The minimum atomic E-state index is -0.520. The normalized spacial score (nSPS) is 20.8. The zero-order valence-corrected chi connectivity index (χ0v) is 12.7. The van der Waals surface area contributed by atoms with Crippen LogP contribution in [0.5, 0.6) is 0 Å². The molecule has 1 fully saturated rings. The third-order valence-electron chi connectivity index (χ3n) is 3.75. The van der Waals surface area contributed by atoms with E-state index in [0.717, 1.165) is 5.56 Å². The molecular formula is C13H19BClNO3. The van der Waals surface area contributed by atoms with E-state index < -0.39 is 18.3 Å².